The molecule has 0 aliphatic heterocycles. The maximum Gasteiger partial charge on any atom is 0.0957 e. The van der Waals surface area contributed by atoms with Crippen LogP contribution >= 0.6 is 0 Å². The fraction of sp³-hybridized carbons (Fsp3) is 0.556. The third-order valence-corrected chi connectivity index (χ3v) is 2.95. The first-order valence-corrected chi connectivity index (χ1v) is 8.16. The van der Waals surface area contributed by atoms with Gasteiger partial charge in [-0.1, -0.05) is 42.5 Å². The van der Waals surface area contributed by atoms with Crippen LogP contribution in [0.15, 0.2) is 36.4 Å². The third-order valence-electron chi connectivity index (χ3n) is 2.95. The van der Waals surface area contributed by atoms with Crippen molar-refractivity contribution in [3.8, 4) is 0 Å². The highest BCUT2D eigenvalue weighted by atomic mass is 16.6. The molecule has 24 heavy (non-hydrogen) atoms. The van der Waals surface area contributed by atoms with Crippen LogP contribution in [0.4, 0.5) is 0 Å². The Morgan fingerprint density at radius 2 is 1.33 bits per heavy atom. The molecule has 0 fully saturated rings. The normalized spacial score (nSPS) is 12.8. The second kappa shape index (κ2) is 15.3. The van der Waals surface area contributed by atoms with E-state index in [0.717, 1.165) is 5.56 Å². The van der Waals surface area contributed by atoms with Gasteiger partial charge in [-0.15, -0.1) is 0 Å². The van der Waals surface area contributed by atoms with Gasteiger partial charge in [0.15, 0.2) is 0 Å². The zero-order valence-electron chi connectivity index (χ0n) is 14.0. The average molecular weight is 340 g/mol. The monoisotopic (exact) mass is 340 g/mol. The van der Waals surface area contributed by atoms with Crippen molar-refractivity contribution in [1.82, 2.24) is 0 Å². The van der Waals surface area contributed by atoms with Gasteiger partial charge in [0, 0.05) is 0 Å². The zero-order valence-corrected chi connectivity index (χ0v) is 14.0. The maximum atomic E-state index is 9.77. The molecule has 1 unspecified atom stereocenters. The highest BCUT2D eigenvalue weighted by molar-refractivity contribution is 5.49. The van der Waals surface area contributed by atoms with E-state index in [1.54, 1.807) is 6.08 Å². The van der Waals surface area contributed by atoms with Crippen LogP contribution in [0.25, 0.3) is 6.08 Å². The van der Waals surface area contributed by atoms with Crippen LogP contribution in [0.5, 0.6) is 0 Å². The molecule has 2 N–H and O–H groups in total. The summed E-state index contributed by atoms with van der Waals surface area (Å²) in [6.07, 6.45) is 2.95. The SMILES string of the molecule is OCCOCCOCCOCCOCC(O)C=Cc1ccccc1. The van der Waals surface area contributed by atoms with Gasteiger partial charge in [-0.3, -0.25) is 0 Å². The molecule has 1 aromatic carbocycles. The molecule has 0 amide bonds. The summed E-state index contributed by atoms with van der Waals surface area (Å²) >= 11 is 0. The first-order valence-electron chi connectivity index (χ1n) is 8.16. The second-order valence-electron chi connectivity index (χ2n) is 4.97. The summed E-state index contributed by atoms with van der Waals surface area (Å²) in [4.78, 5) is 0. The first-order chi connectivity index (χ1) is 11.8. The predicted octanol–water partition coefficient (Wildman–Crippen LogP) is 1.12. The second-order valence-corrected chi connectivity index (χ2v) is 4.97. The molecule has 136 valence electrons. The Morgan fingerprint density at radius 1 is 0.792 bits per heavy atom. The van der Waals surface area contributed by atoms with Gasteiger partial charge in [0.25, 0.3) is 0 Å². The summed E-state index contributed by atoms with van der Waals surface area (Å²) in [6.45, 7) is 3.42. The van der Waals surface area contributed by atoms with E-state index in [-0.39, 0.29) is 13.2 Å². The molecule has 0 saturated carbocycles. The van der Waals surface area contributed by atoms with Gasteiger partial charge < -0.3 is 29.2 Å². The Labute approximate surface area is 143 Å². The quantitative estimate of drug-likeness (QED) is 0.466. The fourth-order valence-electron chi connectivity index (χ4n) is 1.77. The van der Waals surface area contributed by atoms with Crippen LogP contribution in [0.1, 0.15) is 5.56 Å². The minimum atomic E-state index is -0.632. The van der Waals surface area contributed by atoms with Gasteiger partial charge >= 0.3 is 0 Å². The number of hydrogen-bond donors (Lipinski definition) is 2. The van der Waals surface area contributed by atoms with Crippen molar-refractivity contribution in [1.29, 1.82) is 0 Å². The van der Waals surface area contributed by atoms with E-state index in [1.807, 2.05) is 36.4 Å². The summed E-state index contributed by atoms with van der Waals surface area (Å²) in [6, 6.07) is 9.79. The topological polar surface area (TPSA) is 77.4 Å². The Bertz CT molecular complexity index is 409. The zero-order chi connectivity index (χ0) is 17.3. The molecule has 6 heteroatoms. The van der Waals surface area contributed by atoms with Gasteiger partial charge in [-0.05, 0) is 5.56 Å². The highest BCUT2D eigenvalue weighted by Gasteiger charge is 1.99. The van der Waals surface area contributed by atoms with Crippen LogP contribution in [-0.2, 0) is 18.9 Å². The number of aliphatic hydroxyl groups excluding tert-OH is 2. The Morgan fingerprint density at radius 3 is 1.92 bits per heavy atom. The molecule has 0 saturated heterocycles. The molecular formula is C18H28O6. The number of hydrogen-bond acceptors (Lipinski definition) is 6. The summed E-state index contributed by atoms with van der Waals surface area (Å²) in [5.41, 5.74) is 1.04. The Kier molecular flexibility index (Phi) is 13.2. The molecule has 0 aromatic heterocycles. The van der Waals surface area contributed by atoms with E-state index < -0.39 is 6.10 Å². The van der Waals surface area contributed by atoms with Crippen molar-refractivity contribution in [2.45, 2.75) is 6.10 Å². The van der Waals surface area contributed by atoms with E-state index in [2.05, 4.69) is 0 Å². The summed E-state index contributed by atoms with van der Waals surface area (Å²) in [5.74, 6) is 0. The molecule has 0 heterocycles. The lowest BCUT2D eigenvalue weighted by molar-refractivity contribution is -0.0132. The highest BCUT2D eigenvalue weighted by Crippen LogP contribution is 2.02. The molecule has 0 bridgehead atoms. The smallest absolute Gasteiger partial charge is 0.0957 e. The number of rotatable bonds is 15. The molecule has 1 atom stereocenters. The summed E-state index contributed by atoms with van der Waals surface area (Å²) < 4.78 is 21.0. The third kappa shape index (κ3) is 12.2. The van der Waals surface area contributed by atoms with E-state index in [9.17, 15) is 5.11 Å². The molecule has 6 nitrogen and oxygen atoms in total. The maximum absolute atomic E-state index is 9.77. The first kappa shape index (κ1) is 20.8. The van der Waals surface area contributed by atoms with Crippen molar-refractivity contribution < 1.29 is 29.2 Å². The lowest BCUT2D eigenvalue weighted by Crippen LogP contribution is -2.16. The van der Waals surface area contributed by atoms with Crippen LogP contribution < -0.4 is 0 Å². The molecule has 0 radical (unpaired) electrons. The van der Waals surface area contributed by atoms with E-state index in [1.165, 1.54) is 0 Å². The fourth-order valence-corrected chi connectivity index (χ4v) is 1.77. The standard InChI is InChI=1S/C18H28O6/c19-8-9-21-10-11-22-12-13-23-14-15-24-16-18(20)7-6-17-4-2-1-3-5-17/h1-7,18-20H,8-16H2. The number of benzene rings is 1. The minimum Gasteiger partial charge on any atom is -0.394 e. The van der Waals surface area contributed by atoms with E-state index in [4.69, 9.17) is 24.1 Å². The lowest BCUT2D eigenvalue weighted by Gasteiger charge is -2.08. The predicted molar refractivity (Wildman–Crippen MR) is 91.8 cm³/mol. The summed E-state index contributed by atoms with van der Waals surface area (Å²) in [7, 11) is 0. The van der Waals surface area contributed by atoms with Crippen molar-refractivity contribution in [3.05, 3.63) is 42.0 Å². The van der Waals surface area contributed by atoms with Gasteiger partial charge in [0.1, 0.15) is 0 Å². The van der Waals surface area contributed by atoms with Crippen molar-refractivity contribution >= 4 is 6.08 Å². The molecule has 1 aromatic rings. The lowest BCUT2D eigenvalue weighted by atomic mass is 10.2. The minimum absolute atomic E-state index is 0.0276. The summed E-state index contributed by atoms with van der Waals surface area (Å²) in [5, 5.41) is 18.3. The van der Waals surface area contributed by atoms with Crippen LogP contribution in [0.2, 0.25) is 0 Å². The van der Waals surface area contributed by atoms with Gasteiger partial charge in [-0.2, -0.15) is 0 Å². The molecule has 1 rings (SSSR count). The molecular weight excluding hydrogens is 312 g/mol. The van der Waals surface area contributed by atoms with Crippen LogP contribution in [0.3, 0.4) is 0 Å². The van der Waals surface area contributed by atoms with Crippen LogP contribution in [-0.4, -0.2) is 75.8 Å². The Balaban J connectivity index is 1.87. The Hall–Kier alpha value is -1.28. The van der Waals surface area contributed by atoms with Gasteiger partial charge in [0.2, 0.25) is 0 Å². The number of ether oxygens (including phenoxy) is 4. The largest absolute Gasteiger partial charge is 0.394 e. The van der Waals surface area contributed by atoms with Crippen molar-refractivity contribution in [2.24, 2.45) is 0 Å². The van der Waals surface area contributed by atoms with Gasteiger partial charge in [0.05, 0.1) is 65.6 Å². The average Bonchev–Trinajstić information content (AvgIpc) is 2.62. The molecule has 0 spiro atoms. The van der Waals surface area contributed by atoms with Crippen molar-refractivity contribution in [2.75, 3.05) is 59.5 Å². The number of aliphatic hydroxyl groups is 2. The van der Waals surface area contributed by atoms with Crippen LogP contribution in [0, 0.1) is 0 Å². The van der Waals surface area contributed by atoms with E-state index in [0.29, 0.717) is 46.2 Å². The van der Waals surface area contributed by atoms with E-state index >= 15 is 0 Å². The molecule has 0 aliphatic rings. The van der Waals surface area contributed by atoms with Gasteiger partial charge in [-0.25, -0.2) is 0 Å². The molecule has 0 aliphatic carbocycles. The van der Waals surface area contributed by atoms with Crippen molar-refractivity contribution in [3.63, 3.8) is 0 Å².